The van der Waals surface area contributed by atoms with Gasteiger partial charge in [0.15, 0.2) is 0 Å². The lowest BCUT2D eigenvalue weighted by atomic mass is 9.93. The van der Waals surface area contributed by atoms with Gasteiger partial charge in [-0.05, 0) is 37.8 Å². The van der Waals surface area contributed by atoms with Gasteiger partial charge in [-0.3, -0.25) is 0 Å². The van der Waals surface area contributed by atoms with Gasteiger partial charge in [-0.25, -0.2) is 9.78 Å². The van der Waals surface area contributed by atoms with Gasteiger partial charge in [-0.1, -0.05) is 6.07 Å². The molecule has 1 atom stereocenters. The van der Waals surface area contributed by atoms with Crippen molar-refractivity contribution in [2.75, 3.05) is 13.2 Å². The number of nitrogens with zero attached hydrogens (tertiary/aromatic N) is 1. The first-order chi connectivity index (χ1) is 9.16. The number of ether oxygens (including phenoxy) is 1. The minimum Gasteiger partial charge on any atom is -0.477 e. The topological polar surface area (TPSA) is 71.5 Å². The smallest absolute Gasteiger partial charge is 0.354 e. The maximum Gasteiger partial charge on any atom is 0.354 e. The van der Waals surface area contributed by atoms with Crippen molar-refractivity contribution in [3.8, 4) is 0 Å². The van der Waals surface area contributed by atoms with E-state index in [1.165, 1.54) is 6.07 Å². The molecular formula is C14H20N2O3. The molecule has 0 saturated carbocycles. The molecular weight excluding hydrogens is 244 g/mol. The highest BCUT2D eigenvalue weighted by Crippen LogP contribution is 2.18. The Morgan fingerprint density at radius 3 is 2.95 bits per heavy atom. The molecule has 1 fully saturated rings. The minimum absolute atomic E-state index is 0.0954. The van der Waals surface area contributed by atoms with E-state index in [0.717, 1.165) is 31.7 Å². The summed E-state index contributed by atoms with van der Waals surface area (Å²) in [6.07, 6.45) is 2.16. The number of nitrogens with one attached hydrogen (secondary N) is 1. The van der Waals surface area contributed by atoms with E-state index >= 15 is 0 Å². The molecule has 0 aromatic carbocycles. The summed E-state index contributed by atoms with van der Waals surface area (Å²) in [5.74, 6) is -0.365. The van der Waals surface area contributed by atoms with Gasteiger partial charge >= 0.3 is 5.97 Å². The maximum absolute atomic E-state index is 10.8. The third-order valence-electron chi connectivity index (χ3n) is 3.60. The van der Waals surface area contributed by atoms with Gasteiger partial charge in [0.05, 0.1) is 5.69 Å². The number of hydrogen-bond donors (Lipinski definition) is 2. The lowest BCUT2D eigenvalue weighted by Crippen LogP contribution is -2.36. The van der Waals surface area contributed by atoms with Crippen LogP contribution in [0.3, 0.4) is 0 Å². The Labute approximate surface area is 113 Å². The first-order valence-electron chi connectivity index (χ1n) is 6.67. The van der Waals surface area contributed by atoms with Crippen molar-refractivity contribution in [1.29, 1.82) is 0 Å². The van der Waals surface area contributed by atoms with E-state index in [4.69, 9.17) is 9.84 Å². The molecule has 2 heterocycles. The van der Waals surface area contributed by atoms with Gasteiger partial charge in [0.2, 0.25) is 0 Å². The largest absolute Gasteiger partial charge is 0.477 e. The van der Waals surface area contributed by atoms with E-state index < -0.39 is 5.97 Å². The second-order valence-electron chi connectivity index (χ2n) is 4.94. The van der Waals surface area contributed by atoms with Gasteiger partial charge < -0.3 is 15.2 Å². The molecule has 1 aromatic heterocycles. The molecule has 2 N–H and O–H groups in total. The van der Waals surface area contributed by atoms with E-state index in [1.54, 1.807) is 6.07 Å². The van der Waals surface area contributed by atoms with E-state index in [0.29, 0.717) is 18.5 Å². The number of aromatic nitrogens is 1. The van der Waals surface area contributed by atoms with Crippen molar-refractivity contribution in [3.05, 3.63) is 29.6 Å². The van der Waals surface area contributed by atoms with E-state index in [-0.39, 0.29) is 5.69 Å². The number of carboxylic acid groups (broad SMARTS) is 1. The number of rotatable bonds is 5. The molecule has 0 aliphatic carbocycles. The lowest BCUT2D eigenvalue weighted by Gasteiger charge is -2.28. The third kappa shape index (κ3) is 4.01. The van der Waals surface area contributed by atoms with E-state index in [2.05, 4.69) is 17.2 Å². The molecule has 5 heteroatoms. The Kier molecular flexibility index (Phi) is 4.87. The maximum atomic E-state index is 10.8. The Hall–Kier alpha value is -1.46. The van der Waals surface area contributed by atoms with Crippen LogP contribution in [-0.4, -0.2) is 35.3 Å². The summed E-state index contributed by atoms with van der Waals surface area (Å²) in [5, 5.41) is 12.3. The average molecular weight is 264 g/mol. The fraction of sp³-hybridized carbons (Fsp3) is 0.571. The van der Waals surface area contributed by atoms with Crippen LogP contribution >= 0.6 is 0 Å². The Balaban J connectivity index is 1.87. The summed E-state index contributed by atoms with van der Waals surface area (Å²) in [4.78, 5) is 14.9. The SMILES string of the molecule is CC(NCc1cccc(C(=O)O)n1)C1CCOCC1. The van der Waals surface area contributed by atoms with Crippen molar-refractivity contribution in [2.24, 2.45) is 5.92 Å². The summed E-state index contributed by atoms with van der Waals surface area (Å²) < 4.78 is 5.35. The highest BCUT2D eigenvalue weighted by Gasteiger charge is 2.20. The van der Waals surface area contributed by atoms with Gasteiger partial charge in [0.1, 0.15) is 5.69 Å². The standard InChI is InChI=1S/C14H20N2O3/c1-10(11-5-7-19-8-6-11)15-9-12-3-2-4-13(16-12)14(17)18/h2-4,10-11,15H,5-9H2,1H3,(H,17,18). The van der Waals surface area contributed by atoms with Gasteiger partial charge in [0.25, 0.3) is 0 Å². The van der Waals surface area contributed by atoms with Crippen LogP contribution in [0, 0.1) is 5.92 Å². The van der Waals surface area contributed by atoms with Crippen molar-refractivity contribution in [3.63, 3.8) is 0 Å². The van der Waals surface area contributed by atoms with Crippen LogP contribution in [0.4, 0.5) is 0 Å². The number of carbonyl (C=O) groups is 1. The van der Waals surface area contributed by atoms with E-state index in [9.17, 15) is 4.79 Å². The lowest BCUT2D eigenvalue weighted by molar-refractivity contribution is 0.0557. The van der Waals surface area contributed by atoms with Crippen molar-refractivity contribution >= 4 is 5.97 Å². The third-order valence-corrected chi connectivity index (χ3v) is 3.60. The molecule has 2 rings (SSSR count). The summed E-state index contributed by atoms with van der Waals surface area (Å²) >= 11 is 0. The van der Waals surface area contributed by atoms with Gasteiger partial charge in [-0.2, -0.15) is 0 Å². The van der Waals surface area contributed by atoms with Crippen molar-refractivity contribution in [2.45, 2.75) is 32.4 Å². The first kappa shape index (κ1) is 14.0. The van der Waals surface area contributed by atoms with Gasteiger partial charge in [-0.15, -0.1) is 0 Å². The highest BCUT2D eigenvalue weighted by atomic mass is 16.5. The molecule has 0 radical (unpaired) electrons. The van der Waals surface area contributed by atoms with E-state index in [1.807, 2.05) is 6.07 Å². The first-order valence-corrected chi connectivity index (χ1v) is 6.67. The minimum atomic E-state index is -0.987. The number of hydrogen-bond acceptors (Lipinski definition) is 4. The molecule has 1 unspecified atom stereocenters. The Morgan fingerprint density at radius 1 is 1.53 bits per heavy atom. The zero-order valence-corrected chi connectivity index (χ0v) is 11.1. The second kappa shape index (κ2) is 6.63. The molecule has 19 heavy (non-hydrogen) atoms. The molecule has 0 spiro atoms. The van der Waals surface area contributed by atoms with Crippen LogP contribution in [0.15, 0.2) is 18.2 Å². The average Bonchev–Trinajstić information content (AvgIpc) is 2.46. The quantitative estimate of drug-likeness (QED) is 0.846. The van der Waals surface area contributed by atoms with Crippen LogP contribution in [0.5, 0.6) is 0 Å². The van der Waals surface area contributed by atoms with Crippen molar-refractivity contribution in [1.82, 2.24) is 10.3 Å². The predicted octanol–water partition coefficient (Wildman–Crippen LogP) is 1.68. The molecule has 1 aromatic rings. The molecule has 1 aliphatic heterocycles. The van der Waals surface area contributed by atoms with Crippen LogP contribution < -0.4 is 5.32 Å². The number of carboxylic acids is 1. The molecule has 5 nitrogen and oxygen atoms in total. The van der Waals surface area contributed by atoms with Crippen molar-refractivity contribution < 1.29 is 14.6 Å². The summed E-state index contributed by atoms with van der Waals surface area (Å²) in [7, 11) is 0. The van der Waals surface area contributed by atoms with Crippen LogP contribution in [0.2, 0.25) is 0 Å². The highest BCUT2D eigenvalue weighted by molar-refractivity contribution is 5.85. The zero-order valence-electron chi connectivity index (χ0n) is 11.1. The molecule has 1 aliphatic rings. The zero-order chi connectivity index (χ0) is 13.7. The monoisotopic (exact) mass is 264 g/mol. The summed E-state index contributed by atoms with van der Waals surface area (Å²) in [6, 6.07) is 5.47. The summed E-state index contributed by atoms with van der Waals surface area (Å²) in [6.45, 7) is 4.43. The second-order valence-corrected chi connectivity index (χ2v) is 4.94. The van der Waals surface area contributed by atoms with Crippen LogP contribution in [0.25, 0.3) is 0 Å². The molecule has 0 amide bonds. The fourth-order valence-corrected chi connectivity index (χ4v) is 2.35. The fourth-order valence-electron chi connectivity index (χ4n) is 2.35. The van der Waals surface area contributed by atoms with Crippen LogP contribution in [0.1, 0.15) is 35.9 Å². The molecule has 104 valence electrons. The van der Waals surface area contributed by atoms with Crippen LogP contribution in [-0.2, 0) is 11.3 Å². The molecule has 1 saturated heterocycles. The Bertz CT molecular complexity index is 430. The van der Waals surface area contributed by atoms with Gasteiger partial charge in [0, 0.05) is 25.8 Å². The summed E-state index contributed by atoms with van der Waals surface area (Å²) in [5.41, 5.74) is 0.858. The molecule has 0 bridgehead atoms. The predicted molar refractivity (Wildman–Crippen MR) is 71.0 cm³/mol. The number of pyridine rings is 1. The Morgan fingerprint density at radius 2 is 2.26 bits per heavy atom. The normalized spacial score (nSPS) is 18.2. The number of aromatic carboxylic acids is 1.